The number of rotatable bonds is 7. The zero-order valence-corrected chi connectivity index (χ0v) is 14.8. The summed E-state index contributed by atoms with van der Waals surface area (Å²) in [7, 11) is 1.66. The van der Waals surface area contributed by atoms with Gasteiger partial charge >= 0.3 is 0 Å². The number of benzene rings is 1. The predicted octanol–water partition coefficient (Wildman–Crippen LogP) is 2.33. The van der Waals surface area contributed by atoms with Crippen LogP contribution in [-0.4, -0.2) is 34.8 Å². The molecule has 0 atom stereocenters. The van der Waals surface area contributed by atoms with Gasteiger partial charge in [0.2, 0.25) is 5.82 Å². The van der Waals surface area contributed by atoms with E-state index in [2.05, 4.69) is 30.8 Å². The fourth-order valence-corrected chi connectivity index (χ4v) is 2.34. The fraction of sp³-hybridized carbons (Fsp3) is 0.278. The lowest BCUT2D eigenvalue weighted by Crippen LogP contribution is -2.37. The number of nitrogens with zero attached hydrogens (tertiary/aromatic N) is 3. The predicted molar refractivity (Wildman–Crippen MR) is 98.7 cm³/mol. The number of H-pyrrole nitrogens is 1. The molecule has 8 nitrogen and oxygen atoms in total. The summed E-state index contributed by atoms with van der Waals surface area (Å²) in [6.45, 7) is 3.79. The highest BCUT2D eigenvalue weighted by Gasteiger charge is 2.08. The molecule has 0 aliphatic rings. The van der Waals surface area contributed by atoms with Crippen molar-refractivity contribution in [2.24, 2.45) is 4.99 Å². The Hall–Kier alpha value is -3.29. The second-order valence-corrected chi connectivity index (χ2v) is 5.48. The van der Waals surface area contributed by atoms with E-state index in [4.69, 9.17) is 9.15 Å². The van der Waals surface area contributed by atoms with Gasteiger partial charge in [-0.15, -0.1) is 5.10 Å². The number of aromatic amines is 1. The molecule has 0 unspecified atom stereocenters. The molecule has 26 heavy (non-hydrogen) atoms. The molecule has 0 bridgehead atoms. The Morgan fingerprint density at radius 1 is 1.27 bits per heavy atom. The Bertz CT molecular complexity index is 841. The van der Waals surface area contributed by atoms with Gasteiger partial charge in [0.15, 0.2) is 11.7 Å². The molecule has 1 aromatic carbocycles. The van der Waals surface area contributed by atoms with Crippen molar-refractivity contribution in [3.8, 4) is 17.3 Å². The van der Waals surface area contributed by atoms with Crippen LogP contribution in [-0.2, 0) is 13.1 Å². The van der Waals surface area contributed by atoms with Gasteiger partial charge in [0.25, 0.3) is 0 Å². The van der Waals surface area contributed by atoms with E-state index < -0.39 is 0 Å². The largest absolute Gasteiger partial charge is 0.497 e. The molecule has 0 aliphatic carbocycles. The van der Waals surface area contributed by atoms with Gasteiger partial charge in [-0.25, -0.2) is 9.98 Å². The van der Waals surface area contributed by atoms with Crippen LogP contribution in [0.15, 0.2) is 52.1 Å². The Labute approximate surface area is 151 Å². The monoisotopic (exact) mass is 354 g/mol. The Morgan fingerprint density at radius 3 is 2.96 bits per heavy atom. The maximum Gasteiger partial charge on any atom is 0.216 e. The van der Waals surface area contributed by atoms with Crippen molar-refractivity contribution in [3.05, 3.63) is 54.0 Å². The summed E-state index contributed by atoms with van der Waals surface area (Å²) < 4.78 is 10.5. The van der Waals surface area contributed by atoms with Crippen LogP contribution in [0.3, 0.4) is 0 Å². The first-order valence-electron chi connectivity index (χ1n) is 8.38. The topological polar surface area (TPSA) is 100 Å². The van der Waals surface area contributed by atoms with Crippen LogP contribution in [0.25, 0.3) is 11.6 Å². The minimum atomic E-state index is 0.470. The summed E-state index contributed by atoms with van der Waals surface area (Å²) in [5.41, 5.74) is 1.07. The van der Waals surface area contributed by atoms with E-state index in [1.54, 1.807) is 19.4 Å². The number of ether oxygens (including phenoxy) is 1. The van der Waals surface area contributed by atoms with Gasteiger partial charge in [-0.1, -0.05) is 12.1 Å². The Kier molecular flexibility index (Phi) is 5.87. The normalized spacial score (nSPS) is 11.4. The first-order chi connectivity index (χ1) is 12.8. The maximum atomic E-state index is 5.29. The summed E-state index contributed by atoms with van der Waals surface area (Å²) in [4.78, 5) is 8.99. The van der Waals surface area contributed by atoms with Crippen molar-refractivity contribution >= 4 is 5.96 Å². The molecule has 0 aliphatic heterocycles. The average Bonchev–Trinajstić information content (AvgIpc) is 3.35. The van der Waals surface area contributed by atoms with Crippen LogP contribution in [0.1, 0.15) is 18.3 Å². The molecule has 0 saturated carbocycles. The van der Waals surface area contributed by atoms with Crippen molar-refractivity contribution in [2.45, 2.75) is 20.0 Å². The molecule has 0 saturated heterocycles. The lowest BCUT2D eigenvalue weighted by Gasteiger charge is -2.10. The molecule has 2 heterocycles. The molecule has 8 heteroatoms. The SMILES string of the molecule is CCNC(=NCc1cccc(OC)c1)NCc1nc(-c2ccco2)n[nH]1. The van der Waals surface area contributed by atoms with E-state index in [0.717, 1.165) is 17.9 Å². The minimum Gasteiger partial charge on any atom is -0.497 e. The number of hydrogen-bond acceptors (Lipinski definition) is 5. The first-order valence-corrected chi connectivity index (χ1v) is 8.38. The van der Waals surface area contributed by atoms with Crippen molar-refractivity contribution in [1.82, 2.24) is 25.8 Å². The van der Waals surface area contributed by atoms with Gasteiger partial charge < -0.3 is 19.8 Å². The van der Waals surface area contributed by atoms with Crippen molar-refractivity contribution in [3.63, 3.8) is 0 Å². The first kappa shape index (κ1) is 17.5. The van der Waals surface area contributed by atoms with Gasteiger partial charge in [-0.2, -0.15) is 0 Å². The van der Waals surface area contributed by atoms with E-state index in [0.29, 0.717) is 36.5 Å². The van der Waals surface area contributed by atoms with Crippen molar-refractivity contribution < 1.29 is 9.15 Å². The summed E-state index contributed by atoms with van der Waals surface area (Å²) in [6, 6.07) is 11.5. The van der Waals surface area contributed by atoms with Crippen LogP contribution in [0, 0.1) is 0 Å². The van der Waals surface area contributed by atoms with Crippen molar-refractivity contribution in [2.75, 3.05) is 13.7 Å². The lowest BCUT2D eigenvalue weighted by atomic mass is 10.2. The fourth-order valence-electron chi connectivity index (χ4n) is 2.34. The average molecular weight is 354 g/mol. The smallest absolute Gasteiger partial charge is 0.216 e. The molecular formula is C18H22N6O2. The third kappa shape index (κ3) is 4.62. The summed E-state index contributed by atoms with van der Waals surface area (Å²) in [6.07, 6.45) is 1.60. The van der Waals surface area contributed by atoms with Gasteiger partial charge in [0, 0.05) is 6.54 Å². The Balaban J connectivity index is 1.61. The number of furan rings is 1. The molecular weight excluding hydrogens is 332 g/mol. The Morgan fingerprint density at radius 2 is 2.19 bits per heavy atom. The molecule has 0 radical (unpaired) electrons. The third-order valence-electron chi connectivity index (χ3n) is 3.59. The second-order valence-electron chi connectivity index (χ2n) is 5.48. The molecule has 3 rings (SSSR count). The zero-order chi connectivity index (χ0) is 18.2. The standard InChI is InChI=1S/C18H22N6O2/c1-3-19-18(20-11-13-6-4-7-14(10-13)25-2)21-12-16-22-17(24-23-16)15-8-5-9-26-15/h4-10H,3,11-12H2,1-2H3,(H2,19,20,21)(H,22,23,24). The van der Waals surface area contributed by atoms with Gasteiger partial charge in [-0.3, -0.25) is 5.10 Å². The summed E-state index contributed by atoms with van der Waals surface area (Å²) in [5, 5.41) is 13.5. The van der Waals surface area contributed by atoms with Crippen LogP contribution in [0.4, 0.5) is 0 Å². The third-order valence-corrected chi connectivity index (χ3v) is 3.59. The summed E-state index contributed by atoms with van der Waals surface area (Å²) >= 11 is 0. The number of aromatic nitrogens is 3. The van der Waals surface area contributed by atoms with E-state index >= 15 is 0 Å². The van der Waals surface area contributed by atoms with E-state index in [-0.39, 0.29) is 0 Å². The number of nitrogens with one attached hydrogen (secondary N) is 3. The number of aliphatic imine (C=N–C) groups is 1. The molecule has 3 aromatic rings. The van der Waals surface area contributed by atoms with Crippen LogP contribution in [0.2, 0.25) is 0 Å². The highest BCUT2D eigenvalue weighted by molar-refractivity contribution is 5.79. The number of guanidine groups is 1. The zero-order valence-electron chi connectivity index (χ0n) is 14.8. The highest BCUT2D eigenvalue weighted by atomic mass is 16.5. The van der Waals surface area contributed by atoms with Crippen LogP contribution < -0.4 is 15.4 Å². The molecule has 3 N–H and O–H groups in total. The van der Waals surface area contributed by atoms with Crippen LogP contribution >= 0.6 is 0 Å². The van der Waals surface area contributed by atoms with Crippen LogP contribution in [0.5, 0.6) is 5.75 Å². The van der Waals surface area contributed by atoms with E-state index in [1.807, 2.05) is 37.3 Å². The lowest BCUT2D eigenvalue weighted by molar-refractivity contribution is 0.414. The van der Waals surface area contributed by atoms with Gasteiger partial charge in [-0.05, 0) is 36.8 Å². The molecule has 0 fully saturated rings. The van der Waals surface area contributed by atoms with Crippen molar-refractivity contribution in [1.29, 1.82) is 0 Å². The minimum absolute atomic E-state index is 0.470. The highest BCUT2D eigenvalue weighted by Crippen LogP contribution is 2.14. The van der Waals surface area contributed by atoms with Gasteiger partial charge in [0.1, 0.15) is 11.6 Å². The van der Waals surface area contributed by atoms with Gasteiger partial charge in [0.05, 0.1) is 26.5 Å². The number of methoxy groups -OCH3 is 1. The molecule has 136 valence electrons. The summed E-state index contributed by atoms with van der Waals surface area (Å²) in [5.74, 6) is 3.38. The number of hydrogen-bond donors (Lipinski definition) is 3. The quantitative estimate of drug-likeness (QED) is 0.445. The molecule has 0 amide bonds. The molecule has 0 spiro atoms. The van der Waals surface area contributed by atoms with E-state index in [9.17, 15) is 0 Å². The second kappa shape index (κ2) is 8.70. The molecule has 2 aromatic heterocycles. The maximum absolute atomic E-state index is 5.29. The van der Waals surface area contributed by atoms with E-state index in [1.165, 1.54) is 0 Å².